The first-order valence-corrected chi connectivity index (χ1v) is 13.4. The number of carbonyl (C=O) groups excluding carboxylic acids is 2. The van der Waals surface area contributed by atoms with Gasteiger partial charge in [-0.3, -0.25) is 9.59 Å². The molecule has 0 spiro atoms. The van der Waals surface area contributed by atoms with Crippen molar-refractivity contribution in [3.8, 4) is 5.75 Å². The zero-order valence-electron chi connectivity index (χ0n) is 22.8. The van der Waals surface area contributed by atoms with Gasteiger partial charge in [-0.1, -0.05) is 70.5 Å². The van der Waals surface area contributed by atoms with Crippen molar-refractivity contribution >= 4 is 29.1 Å². The molecular formula is C30H39ClN2O4. The van der Waals surface area contributed by atoms with Crippen LogP contribution >= 0.6 is 11.6 Å². The maximum Gasteiger partial charge on any atom is 0.295 e. The van der Waals surface area contributed by atoms with E-state index in [0.717, 1.165) is 37.2 Å². The highest BCUT2D eigenvalue weighted by Gasteiger charge is 2.45. The summed E-state index contributed by atoms with van der Waals surface area (Å²) in [5, 5.41) is 11.7. The number of aliphatic hydroxyl groups excluding tert-OH is 1. The van der Waals surface area contributed by atoms with Crippen molar-refractivity contribution < 1.29 is 19.4 Å². The number of nitrogens with zero attached hydrogens (tertiary/aromatic N) is 2. The molecule has 1 aliphatic heterocycles. The Kier molecular flexibility index (Phi) is 9.43. The molecule has 1 heterocycles. The first-order valence-electron chi connectivity index (χ1n) is 13.1. The summed E-state index contributed by atoms with van der Waals surface area (Å²) in [4.78, 5) is 30.5. The van der Waals surface area contributed by atoms with Crippen LogP contribution in [0.3, 0.4) is 0 Å². The van der Waals surface area contributed by atoms with Crippen LogP contribution < -0.4 is 4.74 Å². The van der Waals surface area contributed by atoms with Crippen LogP contribution in [0.4, 0.5) is 0 Å². The van der Waals surface area contributed by atoms with Crippen LogP contribution in [0.2, 0.25) is 5.02 Å². The Morgan fingerprint density at radius 3 is 2.24 bits per heavy atom. The van der Waals surface area contributed by atoms with Crippen LogP contribution in [-0.2, 0) is 15.0 Å². The van der Waals surface area contributed by atoms with Crippen molar-refractivity contribution in [2.75, 3.05) is 32.8 Å². The number of halogens is 1. The van der Waals surface area contributed by atoms with Gasteiger partial charge in [0.1, 0.15) is 11.5 Å². The quantitative estimate of drug-likeness (QED) is 0.227. The second-order valence-corrected chi connectivity index (χ2v) is 10.7. The van der Waals surface area contributed by atoms with E-state index in [1.165, 1.54) is 0 Å². The SMILES string of the molecule is CCOc1ccc(C(O)=C2C(=O)C(=O)N(CCCN(CC)CC)C2c2ccc(C(C)(C)C)cc2)cc1Cl. The first kappa shape index (κ1) is 28.7. The number of amides is 1. The molecule has 2 aromatic carbocycles. The number of aliphatic hydroxyl groups is 1. The van der Waals surface area contributed by atoms with Crippen LogP contribution in [0.1, 0.15) is 70.7 Å². The van der Waals surface area contributed by atoms with Crippen LogP contribution in [0, 0.1) is 0 Å². The third-order valence-electron chi connectivity index (χ3n) is 6.91. The fourth-order valence-corrected chi connectivity index (χ4v) is 4.94. The number of Topliss-reactive ketones (excluding diaryl/α,β-unsaturated/α-hetero) is 1. The summed E-state index contributed by atoms with van der Waals surface area (Å²) >= 11 is 6.37. The molecule has 1 fully saturated rings. The van der Waals surface area contributed by atoms with Crippen LogP contribution in [-0.4, -0.2) is 59.4 Å². The van der Waals surface area contributed by atoms with E-state index in [0.29, 0.717) is 29.5 Å². The summed E-state index contributed by atoms with van der Waals surface area (Å²) in [6, 6.07) is 12.2. The van der Waals surface area contributed by atoms with Crippen LogP contribution in [0.5, 0.6) is 5.75 Å². The molecule has 0 radical (unpaired) electrons. The van der Waals surface area contributed by atoms with Crippen LogP contribution in [0.15, 0.2) is 48.0 Å². The largest absolute Gasteiger partial charge is 0.507 e. The molecular weight excluding hydrogens is 488 g/mol. The number of rotatable bonds is 10. The Hall–Kier alpha value is -2.83. The van der Waals surface area contributed by atoms with Crippen molar-refractivity contribution in [1.29, 1.82) is 0 Å². The maximum absolute atomic E-state index is 13.3. The lowest BCUT2D eigenvalue weighted by Crippen LogP contribution is -2.33. The van der Waals surface area contributed by atoms with Crippen molar-refractivity contribution in [1.82, 2.24) is 9.80 Å². The molecule has 1 saturated heterocycles. The fraction of sp³-hybridized carbons (Fsp3) is 0.467. The van der Waals surface area contributed by atoms with E-state index in [1.807, 2.05) is 31.2 Å². The molecule has 200 valence electrons. The molecule has 0 aliphatic carbocycles. The number of ketones is 1. The monoisotopic (exact) mass is 526 g/mol. The minimum absolute atomic E-state index is 0.0385. The van der Waals surface area contributed by atoms with Crippen molar-refractivity contribution in [3.05, 3.63) is 69.8 Å². The summed E-state index contributed by atoms with van der Waals surface area (Å²) in [7, 11) is 0. The Morgan fingerprint density at radius 2 is 1.70 bits per heavy atom. The normalized spacial score (nSPS) is 17.6. The topological polar surface area (TPSA) is 70.1 Å². The second-order valence-electron chi connectivity index (χ2n) is 10.3. The van der Waals surface area contributed by atoms with Gasteiger partial charge in [0.15, 0.2) is 0 Å². The van der Waals surface area contributed by atoms with Crippen molar-refractivity contribution in [2.24, 2.45) is 0 Å². The van der Waals surface area contributed by atoms with Crippen molar-refractivity contribution in [3.63, 3.8) is 0 Å². The summed E-state index contributed by atoms with van der Waals surface area (Å²) in [6.45, 7) is 16.0. The minimum atomic E-state index is -0.685. The number of likely N-dealkylation sites (tertiary alicyclic amines) is 1. The maximum atomic E-state index is 13.3. The molecule has 1 unspecified atom stereocenters. The van der Waals surface area contributed by atoms with E-state index >= 15 is 0 Å². The zero-order valence-corrected chi connectivity index (χ0v) is 23.6. The van der Waals surface area contributed by atoms with Gasteiger partial charge in [0, 0.05) is 12.1 Å². The van der Waals surface area contributed by atoms with E-state index in [1.54, 1.807) is 23.1 Å². The highest BCUT2D eigenvalue weighted by Crippen LogP contribution is 2.41. The number of hydrogen-bond donors (Lipinski definition) is 1. The van der Waals surface area contributed by atoms with Gasteiger partial charge >= 0.3 is 0 Å². The lowest BCUT2D eigenvalue weighted by Gasteiger charge is -2.27. The van der Waals surface area contributed by atoms with Gasteiger partial charge in [-0.25, -0.2) is 0 Å². The summed E-state index contributed by atoms with van der Waals surface area (Å²) in [5.41, 5.74) is 2.34. The third-order valence-corrected chi connectivity index (χ3v) is 7.20. The highest BCUT2D eigenvalue weighted by atomic mass is 35.5. The summed E-state index contributed by atoms with van der Waals surface area (Å²) in [6.07, 6.45) is 0.722. The third kappa shape index (κ3) is 6.36. The minimum Gasteiger partial charge on any atom is -0.507 e. The smallest absolute Gasteiger partial charge is 0.295 e. The molecule has 0 aromatic heterocycles. The molecule has 6 nitrogen and oxygen atoms in total. The lowest BCUT2D eigenvalue weighted by atomic mass is 9.85. The van der Waals surface area contributed by atoms with E-state index in [-0.39, 0.29) is 16.7 Å². The van der Waals surface area contributed by atoms with Gasteiger partial charge in [0.2, 0.25) is 0 Å². The Labute approximate surface area is 225 Å². The second kappa shape index (κ2) is 12.1. The average Bonchev–Trinajstić information content (AvgIpc) is 3.12. The molecule has 3 rings (SSSR count). The summed E-state index contributed by atoms with van der Waals surface area (Å²) < 4.78 is 5.50. The van der Waals surface area contributed by atoms with Crippen LogP contribution in [0.25, 0.3) is 5.76 Å². The van der Waals surface area contributed by atoms with Crippen molar-refractivity contribution in [2.45, 2.75) is 59.4 Å². The molecule has 0 bridgehead atoms. The van der Waals surface area contributed by atoms with E-state index in [9.17, 15) is 14.7 Å². The molecule has 2 aromatic rings. The average molecular weight is 527 g/mol. The summed E-state index contributed by atoms with van der Waals surface area (Å²) in [5.74, 6) is -1.02. The zero-order chi connectivity index (χ0) is 27.3. The molecule has 0 saturated carbocycles. The number of benzene rings is 2. The first-order chi connectivity index (χ1) is 17.5. The lowest BCUT2D eigenvalue weighted by molar-refractivity contribution is -0.140. The van der Waals surface area contributed by atoms with Gasteiger partial charge in [-0.2, -0.15) is 0 Å². The Bertz CT molecular complexity index is 1150. The number of ether oxygens (including phenoxy) is 1. The molecule has 1 atom stereocenters. The van der Waals surface area contributed by atoms with Gasteiger partial charge < -0.3 is 19.6 Å². The van der Waals surface area contributed by atoms with Gasteiger partial charge in [-0.15, -0.1) is 0 Å². The predicted molar refractivity (Wildman–Crippen MR) is 149 cm³/mol. The molecule has 7 heteroatoms. The molecule has 1 N–H and O–H groups in total. The van der Waals surface area contributed by atoms with Gasteiger partial charge in [-0.05, 0) is 67.7 Å². The van der Waals surface area contributed by atoms with E-state index in [2.05, 4.69) is 39.5 Å². The highest BCUT2D eigenvalue weighted by molar-refractivity contribution is 6.46. The number of carbonyl (C=O) groups is 2. The van der Waals surface area contributed by atoms with Gasteiger partial charge in [0.05, 0.1) is 23.2 Å². The molecule has 37 heavy (non-hydrogen) atoms. The molecule has 1 amide bonds. The van der Waals surface area contributed by atoms with E-state index in [4.69, 9.17) is 16.3 Å². The molecule has 1 aliphatic rings. The Balaban J connectivity index is 2.07. The predicted octanol–water partition coefficient (Wildman–Crippen LogP) is 6.19. The van der Waals surface area contributed by atoms with E-state index < -0.39 is 17.7 Å². The Morgan fingerprint density at radius 1 is 1.05 bits per heavy atom. The fourth-order valence-electron chi connectivity index (χ4n) is 4.70. The standard InChI is InChI=1S/C30H39ClN2O4/c1-7-32(8-2)17-10-18-33-26(20-11-14-22(15-12-20)30(4,5)6)25(28(35)29(33)36)27(34)21-13-16-24(37-9-3)23(31)19-21/h11-16,19,26,34H,7-10,17-18H2,1-6H3. The number of hydrogen-bond acceptors (Lipinski definition) is 5. The van der Waals surface area contributed by atoms with Gasteiger partial charge in [0.25, 0.3) is 11.7 Å².